The van der Waals surface area contributed by atoms with Crippen LogP contribution in [0.2, 0.25) is 0 Å². The summed E-state index contributed by atoms with van der Waals surface area (Å²) in [4.78, 5) is 11.5. The molecule has 15 heavy (non-hydrogen) atoms. The first-order valence-corrected chi connectivity index (χ1v) is 5.25. The monoisotopic (exact) mass is 220 g/mol. The third-order valence-electron chi connectivity index (χ3n) is 2.78. The van der Waals surface area contributed by atoms with Crippen LogP contribution in [-0.2, 0) is 9.53 Å². The average molecular weight is 220 g/mol. The highest BCUT2D eigenvalue weighted by molar-refractivity contribution is 5.79. The van der Waals surface area contributed by atoms with Crippen LogP contribution in [-0.4, -0.2) is 30.0 Å². The summed E-state index contributed by atoms with van der Waals surface area (Å²) in [6.07, 6.45) is 1.65. The van der Waals surface area contributed by atoms with Gasteiger partial charge in [0.2, 0.25) is 0 Å². The van der Waals surface area contributed by atoms with Crippen molar-refractivity contribution in [1.82, 2.24) is 0 Å². The first kappa shape index (κ1) is 14.4. The molecule has 0 fully saturated rings. The Balaban J connectivity index is 4.38. The smallest absolute Gasteiger partial charge is 0.338 e. The highest BCUT2D eigenvalue weighted by Crippen LogP contribution is 2.32. The number of carbonyl (C=O) groups excluding carboxylic acids is 1. The largest absolute Gasteiger partial charge is 0.464 e. The van der Waals surface area contributed by atoms with Crippen molar-refractivity contribution in [2.24, 2.45) is 5.41 Å². The minimum atomic E-state index is -1.78. The average Bonchev–Trinajstić information content (AvgIpc) is 2.17. The summed E-state index contributed by atoms with van der Waals surface area (Å²) in [6, 6.07) is 0. The van der Waals surface area contributed by atoms with Gasteiger partial charge in [-0.15, -0.1) is 0 Å². The van der Waals surface area contributed by atoms with Gasteiger partial charge in [0.25, 0.3) is 0 Å². The molecule has 1 unspecified atom stereocenters. The van der Waals surface area contributed by atoms with Gasteiger partial charge in [-0.05, 0) is 13.3 Å². The van der Waals surface area contributed by atoms with Crippen molar-refractivity contribution in [2.45, 2.75) is 46.1 Å². The molecular formula is C11H21FO3. The Morgan fingerprint density at radius 1 is 1.40 bits per heavy atom. The van der Waals surface area contributed by atoms with E-state index in [1.807, 2.05) is 6.92 Å². The molecule has 0 aromatic carbocycles. The zero-order valence-corrected chi connectivity index (χ0v) is 9.97. The second-order valence-corrected chi connectivity index (χ2v) is 4.58. The highest BCUT2D eigenvalue weighted by Gasteiger charge is 2.47. The molecule has 0 saturated heterocycles. The van der Waals surface area contributed by atoms with Gasteiger partial charge in [0.1, 0.15) is 0 Å². The van der Waals surface area contributed by atoms with E-state index in [0.717, 1.165) is 12.8 Å². The molecule has 0 radical (unpaired) electrons. The van der Waals surface area contributed by atoms with Crippen LogP contribution in [0.5, 0.6) is 0 Å². The zero-order valence-electron chi connectivity index (χ0n) is 9.97. The minimum Gasteiger partial charge on any atom is -0.464 e. The van der Waals surface area contributed by atoms with Gasteiger partial charge in [-0.1, -0.05) is 27.2 Å². The maximum Gasteiger partial charge on any atom is 0.338 e. The predicted molar refractivity (Wildman–Crippen MR) is 56.2 cm³/mol. The third-order valence-corrected chi connectivity index (χ3v) is 2.78. The van der Waals surface area contributed by atoms with Crippen LogP contribution >= 0.6 is 0 Å². The summed E-state index contributed by atoms with van der Waals surface area (Å²) in [5.74, 6) is -0.751. The lowest BCUT2D eigenvalue weighted by atomic mass is 9.77. The Morgan fingerprint density at radius 3 is 2.33 bits per heavy atom. The quantitative estimate of drug-likeness (QED) is 0.550. The number of halogens is 1. The number of ether oxygens (including phenoxy) is 1. The van der Waals surface area contributed by atoms with Crippen molar-refractivity contribution < 1.29 is 19.0 Å². The van der Waals surface area contributed by atoms with E-state index in [9.17, 15) is 14.3 Å². The van der Waals surface area contributed by atoms with Crippen molar-refractivity contribution in [1.29, 1.82) is 0 Å². The standard InChI is InChI=1S/C11H21FO3/c1-5-6-7-15-9(13)11(4,14)10(2,3)8-12/h14H,5-8H2,1-4H3. The Morgan fingerprint density at radius 2 is 1.93 bits per heavy atom. The molecule has 90 valence electrons. The molecule has 0 amide bonds. The molecule has 4 heteroatoms. The minimum absolute atomic E-state index is 0.272. The van der Waals surface area contributed by atoms with Gasteiger partial charge in [0.15, 0.2) is 5.60 Å². The molecule has 0 saturated carbocycles. The van der Waals surface area contributed by atoms with Crippen LogP contribution in [0.25, 0.3) is 0 Å². The Kier molecular flexibility index (Phi) is 5.21. The van der Waals surface area contributed by atoms with Crippen molar-refractivity contribution in [3.8, 4) is 0 Å². The summed E-state index contributed by atoms with van der Waals surface area (Å²) < 4.78 is 17.5. The van der Waals surface area contributed by atoms with Crippen molar-refractivity contribution >= 4 is 5.97 Å². The Bertz CT molecular complexity index is 212. The first-order valence-electron chi connectivity index (χ1n) is 5.25. The zero-order chi connectivity index (χ0) is 12.1. The van der Waals surface area contributed by atoms with Crippen LogP contribution in [0.3, 0.4) is 0 Å². The van der Waals surface area contributed by atoms with Gasteiger partial charge in [-0.3, -0.25) is 4.39 Å². The first-order chi connectivity index (χ1) is 6.79. The number of esters is 1. The molecule has 0 aromatic rings. The van der Waals surface area contributed by atoms with E-state index in [2.05, 4.69) is 0 Å². The van der Waals surface area contributed by atoms with E-state index < -0.39 is 23.7 Å². The van der Waals surface area contributed by atoms with Crippen LogP contribution in [0, 0.1) is 5.41 Å². The number of unbranched alkanes of at least 4 members (excludes halogenated alkanes) is 1. The Hall–Kier alpha value is -0.640. The third kappa shape index (κ3) is 3.45. The van der Waals surface area contributed by atoms with Crippen molar-refractivity contribution in [3.05, 3.63) is 0 Å². The predicted octanol–water partition coefficient (Wildman–Crippen LogP) is 2.08. The molecule has 0 bridgehead atoms. The van der Waals surface area contributed by atoms with Crippen molar-refractivity contribution in [2.75, 3.05) is 13.3 Å². The fourth-order valence-electron chi connectivity index (χ4n) is 0.856. The van der Waals surface area contributed by atoms with Crippen LogP contribution < -0.4 is 0 Å². The molecule has 1 atom stereocenters. The second-order valence-electron chi connectivity index (χ2n) is 4.58. The fraction of sp³-hybridized carbons (Fsp3) is 0.909. The van der Waals surface area contributed by atoms with Crippen LogP contribution in [0.4, 0.5) is 4.39 Å². The van der Waals surface area contributed by atoms with Gasteiger partial charge in [-0.25, -0.2) is 4.79 Å². The topological polar surface area (TPSA) is 46.5 Å². The van der Waals surface area contributed by atoms with E-state index in [0.29, 0.717) is 0 Å². The van der Waals surface area contributed by atoms with Gasteiger partial charge >= 0.3 is 5.97 Å². The van der Waals surface area contributed by atoms with Gasteiger partial charge in [0.05, 0.1) is 13.3 Å². The molecule has 0 aliphatic heterocycles. The Labute approximate surface area is 90.6 Å². The molecule has 0 heterocycles. The summed E-state index contributed by atoms with van der Waals surface area (Å²) in [5.41, 5.74) is -2.91. The molecule has 0 aromatic heterocycles. The molecule has 0 aliphatic rings. The van der Waals surface area contributed by atoms with Gasteiger partial charge < -0.3 is 9.84 Å². The van der Waals surface area contributed by atoms with Crippen molar-refractivity contribution in [3.63, 3.8) is 0 Å². The molecule has 1 N–H and O–H groups in total. The lowest BCUT2D eigenvalue weighted by molar-refractivity contribution is -0.178. The van der Waals surface area contributed by atoms with Crippen LogP contribution in [0.15, 0.2) is 0 Å². The number of rotatable bonds is 6. The molecular weight excluding hydrogens is 199 g/mol. The van der Waals surface area contributed by atoms with E-state index in [4.69, 9.17) is 4.74 Å². The number of alkyl halides is 1. The van der Waals surface area contributed by atoms with Gasteiger partial charge in [0, 0.05) is 5.41 Å². The summed E-state index contributed by atoms with van der Waals surface area (Å²) in [7, 11) is 0. The number of carbonyl (C=O) groups is 1. The van der Waals surface area contributed by atoms with E-state index in [1.165, 1.54) is 20.8 Å². The molecule has 3 nitrogen and oxygen atoms in total. The summed E-state index contributed by atoms with van der Waals surface area (Å²) in [6.45, 7) is 5.75. The normalized spacial score (nSPS) is 15.9. The fourth-order valence-corrected chi connectivity index (χ4v) is 0.856. The molecule has 0 aliphatic carbocycles. The summed E-state index contributed by atoms with van der Waals surface area (Å²) >= 11 is 0. The molecule has 0 rings (SSSR count). The lowest BCUT2D eigenvalue weighted by Gasteiger charge is -2.35. The number of hydrogen-bond acceptors (Lipinski definition) is 3. The summed E-state index contributed by atoms with van der Waals surface area (Å²) in [5, 5.41) is 9.90. The lowest BCUT2D eigenvalue weighted by Crippen LogP contribution is -2.51. The second kappa shape index (κ2) is 5.45. The van der Waals surface area contributed by atoms with E-state index in [1.54, 1.807) is 0 Å². The number of hydrogen-bond donors (Lipinski definition) is 1. The maximum absolute atomic E-state index is 12.6. The van der Waals surface area contributed by atoms with Gasteiger partial charge in [-0.2, -0.15) is 0 Å². The SMILES string of the molecule is CCCCOC(=O)C(C)(O)C(C)(C)CF. The number of aliphatic hydroxyl groups is 1. The maximum atomic E-state index is 12.6. The highest BCUT2D eigenvalue weighted by atomic mass is 19.1. The van der Waals surface area contributed by atoms with Crippen LogP contribution in [0.1, 0.15) is 40.5 Å². The van der Waals surface area contributed by atoms with E-state index >= 15 is 0 Å². The van der Waals surface area contributed by atoms with E-state index in [-0.39, 0.29) is 6.61 Å². The molecule has 0 spiro atoms.